The van der Waals surface area contributed by atoms with Gasteiger partial charge in [-0.05, 0) is 151 Å². The molecule has 0 saturated carbocycles. The van der Waals surface area contributed by atoms with Crippen LogP contribution in [-0.4, -0.2) is 9.13 Å². The third-order valence-corrected chi connectivity index (χ3v) is 14.3. The molecule has 0 spiro atoms. The fraction of sp³-hybridized carbons (Fsp3) is 0.0758. The minimum atomic E-state index is -4.64. The Morgan fingerprint density at radius 1 is 0.333 bits per heavy atom. The smallest absolute Gasteiger partial charge is 0.309 e. The Balaban J connectivity index is 1.14. The second-order valence-electron chi connectivity index (χ2n) is 19.1. The molecule has 2 heterocycles. The molecule has 0 amide bonds. The van der Waals surface area contributed by atoms with Gasteiger partial charge in [0.25, 0.3) is 0 Å². The van der Waals surface area contributed by atoms with E-state index in [1.165, 1.54) is 12.1 Å². The van der Waals surface area contributed by atoms with Gasteiger partial charge in [0.1, 0.15) is 0 Å². The molecule has 0 bridgehead atoms. The Bertz CT molecular complexity index is 3940. The molecular weight excluding hydrogens is 892 g/mol. The summed E-state index contributed by atoms with van der Waals surface area (Å²) < 4.78 is 49.8. The van der Waals surface area contributed by atoms with Crippen LogP contribution in [0.3, 0.4) is 0 Å². The van der Waals surface area contributed by atoms with Crippen molar-refractivity contribution in [3.63, 3.8) is 0 Å². The summed E-state index contributed by atoms with van der Waals surface area (Å²) in [5.41, 5.74) is 18.2. The fourth-order valence-corrected chi connectivity index (χ4v) is 10.4. The minimum Gasteiger partial charge on any atom is -0.309 e. The Morgan fingerprint density at radius 2 is 0.667 bits per heavy atom. The summed E-state index contributed by atoms with van der Waals surface area (Å²) >= 11 is 0. The number of aromatic nitrogens is 2. The molecule has 10 aromatic carbocycles. The summed E-state index contributed by atoms with van der Waals surface area (Å²) in [5, 5.41) is 14.4. The molecule has 6 heteroatoms. The van der Waals surface area contributed by atoms with E-state index >= 15 is 13.2 Å². The van der Waals surface area contributed by atoms with Gasteiger partial charge in [-0.3, -0.25) is 0 Å². The summed E-state index contributed by atoms with van der Waals surface area (Å²) in [5.74, 6) is 0. The topological polar surface area (TPSA) is 33.6 Å². The van der Waals surface area contributed by atoms with Crippen molar-refractivity contribution in [1.82, 2.24) is 9.13 Å². The van der Waals surface area contributed by atoms with E-state index in [-0.39, 0.29) is 0 Å². The van der Waals surface area contributed by atoms with Gasteiger partial charge in [-0.25, -0.2) is 0 Å². The van der Waals surface area contributed by atoms with Crippen LogP contribution < -0.4 is 0 Å². The quantitative estimate of drug-likeness (QED) is 0.157. The molecule has 0 unspecified atom stereocenters. The van der Waals surface area contributed by atoms with Crippen LogP contribution in [0.15, 0.2) is 206 Å². The summed E-state index contributed by atoms with van der Waals surface area (Å²) in [6.45, 7) is 8.28. The van der Waals surface area contributed by atoms with E-state index < -0.39 is 11.7 Å². The predicted octanol–water partition coefficient (Wildman–Crippen LogP) is 18.3. The third kappa shape index (κ3) is 7.71. The van der Waals surface area contributed by atoms with Crippen molar-refractivity contribution >= 4 is 43.6 Å². The molecule has 0 saturated heterocycles. The molecule has 0 aliphatic carbocycles. The van der Waals surface area contributed by atoms with Gasteiger partial charge in [0.2, 0.25) is 0 Å². The highest BCUT2D eigenvalue weighted by Crippen LogP contribution is 2.45. The molecule has 0 atom stereocenters. The van der Waals surface area contributed by atoms with Gasteiger partial charge in [-0.2, -0.15) is 18.4 Å². The number of hydrogen-bond donors (Lipinski definition) is 0. The van der Waals surface area contributed by atoms with E-state index in [9.17, 15) is 5.26 Å². The number of alkyl halides is 3. The van der Waals surface area contributed by atoms with Crippen molar-refractivity contribution in [2.24, 2.45) is 0 Å². The van der Waals surface area contributed by atoms with Crippen LogP contribution in [0.25, 0.3) is 111 Å². The van der Waals surface area contributed by atoms with Gasteiger partial charge in [0.15, 0.2) is 0 Å². The number of hydrogen-bond acceptors (Lipinski definition) is 1. The van der Waals surface area contributed by atoms with Crippen molar-refractivity contribution in [1.29, 1.82) is 5.26 Å². The van der Waals surface area contributed by atoms with Crippen molar-refractivity contribution in [3.05, 3.63) is 240 Å². The van der Waals surface area contributed by atoms with Crippen molar-refractivity contribution < 1.29 is 13.2 Å². The first-order valence-corrected chi connectivity index (χ1v) is 24.1. The Labute approximate surface area is 415 Å². The van der Waals surface area contributed by atoms with Gasteiger partial charge in [0, 0.05) is 32.7 Å². The number of halogens is 3. The summed E-state index contributed by atoms with van der Waals surface area (Å²) in [6.07, 6.45) is -4.64. The Hall–Kier alpha value is -8.92. The van der Waals surface area contributed by atoms with Crippen LogP contribution >= 0.6 is 0 Å². The number of benzene rings is 10. The zero-order chi connectivity index (χ0) is 49.4. The van der Waals surface area contributed by atoms with Crippen molar-refractivity contribution in [3.8, 4) is 73.1 Å². The highest BCUT2D eigenvalue weighted by Gasteiger charge is 2.32. The van der Waals surface area contributed by atoms with Crippen molar-refractivity contribution in [2.45, 2.75) is 33.9 Å². The maximum atomic E-state index is 15.2. The SMILES string of the molecule is Cc1ccc(-c2ccc3c(c2)c2cc(-c4ccc(C)cc4)ccc2n3-c2ccc(C(F)(F)F)cc2-c2ccc(C#N)cc2-n2c3ccc(-c4ccc(C)cc4)cc3c3cc(-c4ccc(C)cc4)ccc32)cc1. The molecule has 2 aromatic heterocycles. The summed E-state index contributed by atoms with van der Waals surface area (Å²) in [7, 11) is 0. The van der Waals surface area contributed by atoms with Gasteiger partial charge in [-0.15, -0.1) is 0 Å². The molecule has 72 heavy (non-hydrogen) atoms. The van der Waals surface area contributed by atoms with Crippen LogP contribution in [0.4, 0.5) is 13.2 Å². The lowest BCUT2D eigenvalue weighted by atomic mass is 9.96. The number of nitriles is 1. The second kappa shape index (κ2) is 17.2. The van der Waals surface area contributed by atoms with Gasteiger partial charge >= 0.3 is 6.18 Å². The van der Waals surface area contributed by atoms with Crippen LogP contribution in [0.2, 0.25) is 0 Å². The molecule has 12 rings (SSSR count). The van der Waals surface area contributed by atoms with Crippen LogP contribution in [-0.2, 0) is 6.18 Å². The molecule has 0 aliphatic heterocycles. The first-order valence-electron chi connectivity index (χ1n) is 24.1. The molecule has 346 valence electrons. The monoisotopic (exact) mass is 937 g/mol. The summed E-state index contributed by atoms with van der Waals surface area (Å²) in [6, 6.07) is 71.1. The molecule has 3 nitrogen and oxygen atoms in total. The van der Waals surface area contributed by atoms with Crippen LogP contribution in [0.5, 0.6) is 0 Å². The van der Waals surface area contributed by atoms with E-state index in [0.717, 1.165) is 110 Å². The number of rotatable bonds is 7. The summed E-state index contributed by atoms with van der Waals surface area (Å²) in [4.78, 5) is 0. The average molecular weight is 938 g/mol. The standard InChI is InChI=1S/C66H46F3N3/c1-40-5-14-45(15-6-40)49-22-28-60-55(34-49)56-35-50(46-16-7-41(2)8-17-46)23-29-61(56)71(60)64-32-26-53(66(67,68)69)38-59(64)54-27-13-44(39-70)33-65(54)72-62-30-24-51(47-18-9-42(3)10-19-47)36-57(62)58-37-52(25-31-63(58)72)48-20-11-43(4)12-21-48/h5-38H,1-4H3. The lowest BCUT2D eigenvalue weighted by molar-refractivity contribution is -0.137. The van der Waals surface area contributed by atoms with Gasteiger partial charge in [0.05, 0.1) is 50.6 Å². The Morgan fingerprint density at radius 3 is 1.00 bits per heavy atom. The van der Waals surface area contributed by atoms with E-state index in [0.29, 0.717) is 28.1 Å². The maximum Gasteiger partial charge on any atom is 0.416 e. The highest BCUT2D eigenvalue weighted by atomic mass is 19.4. The van der Waals surface area contributed by atoms with E-state index in [1.807, 2.05) is 12.1 Å². The Kier molecular flexibility index (Phi) is 10.6. The predicted molar refractivity (Wildman–Crippen MR) is 291 cm³/mol. The largest absolute Gasteiger partial charge is 0.416 e. The molecule has 0 fully saturated rings. The van der Waals surface area contributed by atoms with Crippen molar-refractivity contribution in [2.75, 3.05) is 0 Å². The fourth-order valence-electron chi connectivity index (χ4n) is 10.4. The first-order chi connectivity index (χ1) is 34.9. The molecule has 12 aromatic rings. The maximum absolute atomic E-state index is 15.2. The molecule has 0 N–H and O–H groups in total. The second-order valence-corrected chi connectivity index (χ2v) is 19.1. The molecule has 0 aliphatic rings. The van der Waals surface area contributed by atoms with Gasteiger partial charge < -0.3 is 9.13 Å². The van der Waals surface area contributed by atoms with Crippen LogP contribution in [0.1, 0.15) is 33.4 Å². The molecular formula is C66H46F3N3. The number of nitrogens with zero attached hydrogens (tertiary/aromatic N) is 3. The number of fused-ring (bicyclic) bond motifs is 6. The minimum absolute atomic E-state index is 0.371. The lowest BCUT2D eigenvalue weighted by Crippen LogP contribution is -2.08. The average Bonchev–Trinajstić information content (AvgIpc) is 3.90. The zero-order valence-corrected chi connectivity index (χ0v) is 40.1. The normalized spacial score (nSPS) is 11.8. The lowest BCUT2D eigenvalue weighted by Gasteiger charge is -2.20. The zero-order valence-electron chi connectivity index (χ0n) is 40.1. The van der Waals surface area contributed by atoms with E-state index in [2.05, 4.69) is 213 Å². The number of aryl methyl sites for hydroxylation is 4. The van der Waals surface area contributed by atoms with E-state index in [4.69, 9.17) is 0 Å². The first kappa shape index (κ1) is 44.3. The highest BCUT2D eigenvalue weighted by molar-refractivity contribution is 6.14. The third-order valence-electron chi connectivity index (χ3n) is 14.3. The molecule has 0 radical (unpaired) electrons. The van der Waals surface area contributed by atoms with Gasteiger partial charge in [-0.1, -0.05) is 150 Å². The van der Waals surface area contributed by atoms with Crippen LogP contribution in [0, 0.1) is 39.0 Å². The van der Waals surface area contributed by atoms with E-state index in [1.54, 1.807) is 12.1 Å².